The Hall–Kier alpha value is -0.770. The van der Waals surface area contributed by atoms with Crippen LogP contribution in [0.4, 0.5) is 4.79 Å². The smallest absolute Gasteiger partial charge is 0.315 e. The van der Waals surface area contributed by atoms with E-state index < -0.39 is 0 Å². The summed E-state index contributed by atoms with van der Waals surface area (Å²) in [6.45, 7) is 6.56. The van der Waals surface area contributed by atoms with Crippen molar-refractivity contribution in [1.29, 1.82) is 0 Å². The molecule has 1 unspecified atom stereocenters. The molecule has 0 aromatic rings. The van der Waals surface area contributed by atoms with E-state index in [1.54, 1.807) is 0 Å². The van der Waals surface area contributed by atoms with Crippen molar-refractivity contribution in [2.24, 2.45) is 0 Å². The minimum Gasteiger partial charge on any atom is -0.393 e. The highest BCUT2D eigenvalue weighted by molar-refractivity contribution is 5.74. The summed E-state index contributed by atoms with van der Waals surface area (Å²) < 4.78 is 0. The summed E-state index contributed by atoms with van der Waals surface area (Å²) in [4.78, 5) is 11.3. The summed E-state index contributed by atoms with van der Waals surface area (Å²) in [6.07, 6.45) is 2.93. The van der Waals surface area contributed by atoms with Crippen molar-refractivity contribution in [3.63, 3.8) is 0 Å². The molecule has 4 nitrogen and oxygen atoms in total. The van der Waals surface area contributed by atoms with E-state index in [1.165, 1.54) is 0 Å². The fraction of sp³-hybridized carbons (Fsp3) is 0.909. The minimum absolute atomic E-state index is 0.132. The highest BCUT2D eigenvalue weighted by Gasteiger charge is 2.07. The van der Waals surface area contributed by atoms with Gasteiger partial charge in [0, 0.05) is 12.6 Å². The third-order valence-electron chi connectivity index (χ3n) is 2.56. The maximum atomic E-state index is 11.3. The Balaban J connectivity index is 3.56. The molecule has 0 aliphatic carbocycles. The third-order valence-corrected chi connectivity index (χ3v) is 2.56. The van der Waals surface area contributed by atoms with Gasteiger partial charge in [0.2, 0.25) is 0 Å². The molecule has 0 bridgehead atoms. The summed E-state index contributed by atoms with van der Waals surface area (Å²) in [5.41, 5.74) is 0. The van der Waals surface area contributed by atoms with Gasteiger partial charge < -0.3 is 15.7 Å². The van der Waals surface area contributed by atoms with Gasteiger partial charge in [0.05, 0.1) is 6.10 Å². The predicted molar refractivity (Wildman–Crippen MR) is 61.8 cm³/mol. The maximum Gasteiger partial charge on any atom is 0.315 e. The van der Waals surface area contributed by atoms with Gasteiger partial charge in [0.1, 0.15) is 0 Å². The highest BCUT2D eigenvalue weighted by Crippen LogP contribution is 1.96. The molecule has 0 saturated heterocycles. The molecule has 1 atom stereocenters. The second-order valence-electron chi connectivity index (χ2n) is 3.76. The minimum atomic E-state index is -0.307. The van der Waals surface area contributed by atoms with Gasteiger partial charge in [-0.25, -0.2) is 4.79 Å². The summed E-state index contributed by atoms with van der Waals surface area (Å²) in [7, 11) is 0. The summed E-state index contributed by atoms with van der Waals surface area (Å²) in [5.74, 6) is 0. The molecule has 2 amide bonds. The molecular formula is C11H24N2O2. The number of amides is 2. The number of hydrogen-bond donors (Lipinski definition) is 3. The second-order valence-corrected chi connectivity index (χ2v) is 3.76. The number of urea groups is 1. The van der Waals surface area contributed by atoms with E-state index in [9.17, 15) is 9.90 Å². The first kappa shape index (κ1) is 14.2. The largest absolute Gasteiger partial charge is 0.393 e. The van der Waals surface area contributed by atoms with Gasteiger partial charge in [-0.2, -0.15) is 0 Å². The number of nitrogens with one attached hydrogen (secondary N) is 2. The van der Waals surface area contributed by atoms with E-state index >= 15 is 0 Å². The molecule has 15 heavy (non-hydrogen) atoms. The van der Waals surface area contributed by atoms with Gasteiger partial charge in [0.15, 0.2) is 0 Å². The van der Waals surface area contributed by atoms with Crippen LogP contribution in [0.3, 0.4) is 0 Å². The first-order valence-corrected chi connectivity index (χ1v) is 5.86. The van der Waals surface area contributed by atoms with Crippen LogP contribution in [-0.2, 0) is 0 Å². The maximum absolute atomic E-state index is 11.3. The monoisotopic (exact) mass is 216 g/mol. The lowest BCUT2D eigenvalue weighted by molar-refractivity contribution is 0.160. The molecule has 90 valence electrons. The Morgan fingerprint density at radius 3 is 2.27 bits per heavy atom. The Labute approximate surface area is 92.4 Å². The second kappa shape index (κ2) is 8.53. The molecule has 0 radical (unpaired) electrons. The number of aliphatic hydroxyl groups excluding tert-OH is 1. The first-order chi connectivity index (χ1) is 7.13. The number of carbonyl (C=O) groups excluding carboxylic acids is 1. The van der Waals surface area contributed by atoms with Crippen LogP contribution in [0.2, 0.25) is 0 Å². The topological polar surface area (TPSA) is 61.4 Å². The van der Waals surface area contributed by atoms with Gasteiger partial charge in [0.25, 0.3) is 0 Å². The lowest BCUT2D eigenvalue weighted by Gasteiger charge is -2.15. The predicted octanol–water partition coefficient (Wildman–Crippen LogP) is 1.64. The van der Waals surface area contributed by atoms with Crippen molar-refractivity contribution in [3.8, 4) is 0 Å². The number of aliphatic hydroxyl groups is 1. The lowest BCUT2D eigenvalue weighted by atomic mass is 10.2. The van der Waals surface area contributed by atoms with E-state index in [2.05, 4.69) is 24.5 Å². The normalized spacial score (nSPS) is 12.6. The average Bonchev–Trinajstić information content (AvgIpc) is 2.25. The van der Waals surface area contributed by atoms with E-state index in [0.29, 0.717) is 13.0 Å². The van der Waals surface area contributed by atoms with Crippen molar-refractivity contribution in [1.82, 2.24) is 10.6 Å². The lowest BCUT2D eigenvalue weighted by Crippen LogP contribution is -2.42. The highest BCUT2D eigenvalue weighted by atomic mass is 16.3. The molecule has 3 N–H and O–H groups in total. The van der Waals surface area contributed by atoms with Crippen LogP contribution in [0.1, 0.15) is 46.5 Å². The Morgan fingerprint density at radius 2 is 1.80 bits per heavy atom. The van der Waals surface area contributed by atoms with Gasteiger partial charge in [-0.3, -0.25) is 0 Å². The fourth-order valence-electron chi connectivity index (χ4n) is 1.29. The number of rotatable bonds is 7. The van der Waals surface area contributed by atoms with Gasteiger partial charge >= 0.3 is 6.03 Å². The quantitative estimate of drug-likeness (QED) is 0.606. The zero-order chi connectivity index (χ0) is 11.7. The van der Waals surface area contributed by atoms with Crippen LogP contribution in [0.5, 0.6) is 0 Å². The van der Waals surface area contributed by atoms with Crippen LogP contribution < -0.4 is 10.6 Å². The van der Waals surface area contributed by atoms with Crippen LogP contribution >= 0.6 is 0 Å². The number of carbonyl (C=O) groups is 1. The van der Waals surface area contributed by atoms with Crippen LogP contribution in [0.25, 0.3) is 0 Å². The van der Waals surface area contributed by atoms with Crippen molar-refractivity contribution in [3.05, 3.63) is 0 Å². The third kappa shape index (κ3) is 7.19. The molecule has 0 spiro atoms. The standard InChI is InChI=1S/C11H24N2O2/c1-4-9(5-2)13-11(15)12-8-7-10(14)6-3/h9-10,14H,4-8H2,1-3H3,(H2,12,13,15). The van der Waals surface area contributed by atoms with Crippen molar-refractivity contribution in [2.75, 3.05) is 6.54 Å². The molecule has 0 aromatic heterocycles. The van der Waals surface area contributed by atoms with E-state index in [0.717, 1.165) is 19.3 Å². The molecule has 0 aromatic carbocycles. The SMILES string of the molecule is CCC(O)CCNC(=O)NC(CC)CC. The molecule has 0 aliphatic heterocycles. The van der Waals surface area contributed by atoms with Gasteiger partial charge in [-0.1, -0.05) is 20.8 Å². The molecule has 0 fully saturated rings. The fourth-order valence-corrected chi connectivity index (χ4v) is 1.29. The first-order valence-electron chi connectivity index (χ1n) is 5.86. The zero-order valence-corrected chi connectivity index (χ0v) is 10.0. The summed E-state index contributed by atoms with van der Waals surface area (Å²) in [5, 5.41) is 14.9. The summed E-state index contributed by atoms with van der Waals surface area (Å²) in [6, 6.07) is 0.119. The average molecular weight is 216 g/mol. The van der Waals surface area contributed by atoms with Crippen LogP contribution in [0, 0.1) is 0 Å². The molecule has 0 aliphatic rings. The van der Waals surface area contributed by atoms with Crippen LogP contribution in [0.15, 0.2) is 0 Å². The Kier molecular flexibility index (Phi) is 8.09. The van der Waals surface area contributed by atoms with Crippen molar-refractivity contribution in [2.45, 2.75) is 58.6 Å². The van der Waals surface area contributed by atoms with Gasteiger partial charge in [-0.15, -0.1) is 0 Å². The number of hydrogen-bond acceptors (Lipinski definition) is 2. The molecular weight excluding hydrogens is 192 g/mol. The van der Waals surface area contributed by atoms with Crippen LogP contribution in [-0.4, -0.2) is 29.8 Å². The van der Waals surface area contributed by atoms with Crippen molar-refractivity contribution >= 4 is 6.03 Å². The zero-order valence-electron chi connectivity index (χ0n) is 10.0. The van der Waals surface area contributed by atoms with E-state index in [1.807, 2.05) is 6.92 Å². The molecule has 0 saturated carbocycles. The van der Waals surface area contributed by atoms with Crippen molar-refractivity contribution < 1.29 is 9.90 Å². The van der Waals surface area contributed by atoms with E-state index in [4.69, 9.17) is 0 Å². The van der Waals surface area contributed by atoms with Gasteiger partial charge in [-0.05, 0) is 25.7 Å². The molecule has 0 rings (SSSR count). The molecule has 0 heterocycles. The molecule has 4 heteroatoms. The summed E-state index contributed by atoms with van der Waals surface area (Å²) >= 11 is 0. The Bertz CT molecular complexity index is 170. The Morgan fingerprint density at radius 1 is 1.20 bits per heavy atom. The van der Waals surface area contributed by atoms with E-state index in [-0.39, 0.29) is 18.2 Å².